The molecule has 3 saturated carbocycles. The molecular weight excluding hydrogens is 477 g/mol. The summed E-state index contributed by atoms with van der Waals surface area (Å²) in [4.78, 5) is 12.4. The second-order valence-corrected chi connectivity index (χ2v) is 11.6. The summed E-state index contributed by atoms with van der Waals surface area (Å²) in [5.41, 5.74) is 0. The summed E-state index contributed by atoms with van der Waals surface area (Å²) < 4.78 is 53.7. The van der Waals surface area contributed by atoms with Gasteiger partial charge in [-0.15, -0.1) is 0 Å². The Balaban J connectivity index is 1.15. The first-order valence-electron chi connectivity index (χ1n) is 14.5. The van der Waals surface area contributed by atoms with E-state index in [1.165, 1.54) is 62.8 Å². The number of rotatable bonds is 9. The Bertz CT molecular complexity index is 860. The topological polar surface area (TPSA) is 35.5 Å². The number of benzene rings is 1. The molecule has 3 aliphatic carbocycles. The monoisotopic (exact) mass is 520 g/mol. The zero-order valence-electron chi connectivity index (χ0n) is 22.2. The van der Waals surface area contributed by atoms with Crippen molar-refractivity contribution in [3.8, 4) is 5.75 Å². The zero-order valence-corrected chi connectivity index (χ0v) is 22.2. The first-order valence-corrected chi connectivity index (χ1v) is 14.5. The molecule has 4 rings (SSSR count). The van der Waals surface area contributed by atoms with Crippen LogP contribution in [0.2, 0.25) is 0 Å². The molecule has 1 aromatic carbocycles. The van der Waals surface area contributed by atoms with Crippen molar-refractivity contribution < 1.29 is 27.4 Å². The van der Waals surface area contributed by atoms with Gasteiger partial charge >= 0.3 is 12.1 Å². The van der Waals surface area contributed by atoms with Gasteiger partial charge in [0.2, 0.25) is 0 Å². The molecule has 3 fully saturated rings. The largest absolute Gasteiger partial charge is 0.426 e. The second kappa shape index (κ2) is 13.3. The molecule has 206 valence electrons. The second-order valence-electron chi connectivity index (χ2n) is 11.6. The van der Waals surface area contributed by atoms with Crippen LogP contribution in [0.25, 0.3) is 0 Å². The van der Waals surface area contributed by atoms with E-state index in [1.807, 2.05) is 0 Å². The maximum absolute atomic E-state index is 15.0. The van der Waals surface area contributed by atoms with Gasteiger partial charge in [-0.3, -0.25) is 4.79 Å². The SMILES string of the molecule is CCCC1CCC(/C=C/C2CCC(C(F)(F)OC3CCC(C(=O)Oc4ccc(F)cc4)CC3)CC2)CC1. The van der Waals surface area contributed by atoms with Crippen molar-refractivity contribution in [2.24, 2.45) is 29.6 Å². The molecule has 37 heavy (non-hydrogen) atoms. The van der Waals surface area contributed by atoms with Crippen LogP contribution in [0.5, 0.6) is 5.75 Å². The molecule has 0 atom stereocenters. The van der Waals surface area contributed by atoms with Crippen molar-refractivity contribution in [2.75, 3.05) is 0 Å². The van der Waals surface area contributed by atoms with Crippen LogP contribution in [0.3, 0.4) is 0 Å². The minimum Gasteiger partial charge on any atom is -0.426 e. The first kappa shape index (κ1) is 28.2. The lowest BCUT2D eigenvalue weighted by Crippen LogP contribution is -2.39. The highest BCUT2D eigenvalue weighted by Crippen LogP contribution is 2.42. The summed E-state index contributed by atoms with van der Waals surface area (Å²) in [6.45, 7) is 2.26. The lowest BCUT2D eigenvalue weighted by molar-refractivity contribution is -0.301. The number of allylic oxidation sites excluding steroid dienone is 2. The van der Waals surface area contributed by atoms with Crippen molar-refractivity contribution >= 4 is 5.97 Å². The normalized spacial score (nSPS) is 31.4. The highest BCUT2D eigenvalue weighted by molar-refractivity contribution is 5.75. The first-order chi connectivity index (χ1) is 17.8. The van der Waals surface area contributed by atoms with Crippen molar-refractivity contribution in [3.05, 3.63) is 42.2 Å². The van der Waals surface area contributed by atoms with E-state index in [2.05, 4.69) is 19.1 Å². The van der Waals surface area contributed by atoms with E-state index in [4.69, 9.17) is 9.47 Å². The fraction of sp³-hybridized carbons (Fsp3) is 0.710. The molecule has 0 saturated heterocycles. The van der Waals surface area contributed by atoms with Crippen molar-refractivity contribution in [3.63, 3.8) is 0 Å². The third kappa shape index (κ3) is 8.33. The van der Waals surface area contributed by atoms with Crippen LogP contribution >= 0.6 is 0 Å². The average molecular weight is 521 g/mol. The molecule has 0 aromatic heterocycles. The lowest BCUT2D eigenvalue weighted by Gasteiger charge is -2.36. The maximum Gasteiger partial charge on any atom is 0.358 e. The van der Waals surface area contributed by atoms with Crippen LogP contribution in [-0.2, 0) is 9.53 Å². The molecule has 3 nitrogen and oxygen atoms in total. The van der Waals surface area contributed by atoms with Gasteiger partial charge in [0, 0.05) is 0 Å². The summed E-state index contributed by atoms with van der Waals surface area (Å²) in [7, 11) is 0. The Morgan fingerprint density at radius 2 is 1.43 bits per heavy atom. The summed E-state index contributed by atoms with van der Waals surface area (Å²) in [5, 5.41) is 0. The molecule has 3 aliphatic rings. The van der Waals surface area contributed by atoms with Gasteiger partial charge in [0.15, 0.2) is 0 Å². The Kier molecular flexibility index (Phi) is 10.1. The maximum atomic E-state index is 15.0. The standard InChI is InChI=1S/C31H43F3O3/c1-2-3-22-4-6-23(7-5-22)8-9-24-10-14-26(15-11-24)31(33,34)37-29-18-12-25(13-19-29)30(35)36-28-20-16-27(32)17-21-28/h8-9,16-17,20-26,29H,2-7,10-15,18-19H2,1H3/b9-8+. The molecule has 0 heterocycles. The Morgan fingerprint density at radius 1 is 0.865 bits per heavy atom. The fourth-order valence-electron chi connectivity index (χ4n) is 6.48. The number of halogens is 3. The number of hydrogen-bond donors (Lipinski definition) is 0. The summed E-state index contributed by atoms with van der Waals surface area (Å²) in [5.74, 6) is 0.395. The number of carbonyl (C=O) groups is 1. The van der Waals surface area contributed by atoms with Crippen LogP contribution < -0.4 is 4.74 Å². The van der Waals surface area contributed by atoms with Gasteiger partial charge in [-0.25, -0.2) is 4.39 Å². The molecule has 0 unspecified atom stereocenters. The Labute approximate surface area is 220 Å². The van der Waals surface area contributed by atoms with Gasteiger partial charge in [-0.1, -0.05) is 31.9 Å². The van der Waals surface area contributed by atoms with Gasteiger partial charge in [0.1, 0.15) is 11.6 Å². The molecule has 0 N–H and O–H groups in total. The van der Waals surface area contributed by atoms with E-state index in [0.29, 0.717) is 56.1 Å². The van der Waals surface area contributed by atoms with Crippen LogP contribution in [0, 0.1) is 35.4 Å². The summed E-state index contributed by atoms with van der Waals surface area (Å²) in [6, 6.07) is 5.29. The van der Waals surface area contributed by atoms with Crippen LogP contribution in [0.1, 0.15) is 96.8 Å². The van der Waals surface area contributed by atoms with E-state index >= 15 is 8.78 Å². The molecule has 0 bridgehead atoms. The average Bonchev–Trinajstić information content (AvgIpc) is 2.90. The quantitative estimate of drug-likeness (QED) is 0.185. The zero-order chi connectivity index (χ0) is 26.3. The van der Waals surface area contributed by atoms with Crippen LogP contribution in [0.15, 0.2) is 36.4 Å². The minimum atomic E-state index is -3.13. The van der Waals surface area contributed by atoms with E-state index in [0.717, 1.165) is 18.8 Å². The highest BCUT2D eigenvalue weighted by atomic mass is 19.3. The molecule has 1 aromatic rings. The van der Waals surface area contributed by atoms with Gasteiger partial charge in [0.25, 0.3) is 0 Å². The predicted octanol–water partition coefficient (Wildman–Crippen LogP) is 8.87. The molecule has 0 radical (unpaired) electrons. The minimum absolute atomic E-state index is 0.293. The summed E-state index contributed by atoms with van der Waals surface area (Å²) >= 11 is 0. The number of ether oxygens (including phenoxy) is 2. The van der Waals surface area contributed by atoms with E-state index in [-0.39, 0.29) is 5.92 Å². The smallest absolute Gasteiger partial charge is 0.358 e. The number of alkyl halides is 2. The fourth-order valence-corrected chi connectivity index (χ4v) is 6.48. The molecule has 6 heteroatoms. The molecular formula is C31H43F3O3. The predicted molar refractivity (Wildman–Crippen MR) is 139 cm³/mol. The Morgan fingerprint density at radius 3 is 2.00 bits per heavy atom. The van der Waals surface area contributed by atoms with Crippen molar-refractivity contribution in [1.29, 1.82) is 0 Å². The van der Waals surface area contributed by atoms with Gasteiger partial charge in [-0.2, -0.15) is 8.78 Å². The van der Waals surface area contributed by atoms with Crippen LogP contribution in [-0.4, -0.2) is 18.2 Å². The number of hydrogen-bond acceptors (Lipinski definition) is 3. The lowest BCUT2D eigenvalue weighted by atomic mass is 9.78. The van der Waals surface area contributed by atoms with E-state index in [9.17, 15) is 9.18 Å². The van der Waals surface area contributed by atoms with E-state index < -0.39 is 29.9 Å². The third-order valence-corrected chi connectivity index (χ3v) is 8.85. The summed E-state index contributed by atoms with van der Waals surface area (Å²) in [6.07, 6.45) is 13.2. The van der Waals surface area contributed by atoms with Crippen LogP contribution in [0.4, 0.5) is 13.2 Å². The highest BCUT2D eigenvalue weighted by Gasteiger charge is 2.45. The molecule has 0 spiro atoms. The van der Waals surface area contributed by atoms with Gasteiger partial charge in [-0.05, 0) is 119 Å². The van der Waals surface area contributed by atoms with Gasteiger partial charge < -0.3 is 9.47 Å². The number of carbonyl (C=O) groups excluding carboxylic acids is 1. The third-order valence-electron chi connectivity index (χ3n) is 8.85. The van der Waals surface area contributed by atoms with Crippen molar-refractivity contribution in [1.82, 2.24) is 0 Å². The number of esters is 1. The Hall–Kier alpha value is -1.82. The molecule has 0 aliphatic heterocycles. The molecule has 0 amide bonds. The van der Waals surface area contributed by atoms with E-state index in [1.54, 1.807) is 0 Å². The van der Waals surface area contributed by atoms with Gasteiger partial charge in [0.05, 0.1) is 17.9 Å². The van der Waals surface area contributed by atoms with Crippen molar-refractivity contribution in [2.45, 2.75) is 109 Å².